The van der Waals surface area contributed by atoms with Gasteiger partial charge >= 0.3 is 0 Å². The number of hydrogen-bond acceptors (Lipinski definition) is 5. The van der Waals surface area contributed by atoms with Crippen LogP contribution in [0.25, 0.3) is 73.7 Å². The Morgan fingerprint density at radius 1 is 0.293 bits per heavy atom. The number of fused-ring (bicyclic) bond motifs is 16. The van der Waals surface area contributed by atoms with Gasteiger partial charge < -0.3 is 4.90 Å². The van der Waals surface area contributed by atoms with Crippen LogP contribution < -0.4 is 15.8 Å². The summed E-state index contributed by atoms with van der Waals surface area (Å²) in [7, 11) is 0. The van der Waals surface area contributed by atoms with Gasteiger partial charge in [0.25, 0.3) is 0 Å². The van der Waals surface area contributed by atoms with Gasteiger partial charge in [-0.15, -0.1) is 22.7 Å². The van der Waals surface area contributed by atoms with Crippen LogP contribution in [0.5, 0.6) is 0 Å². The lowest BCUT2D eigenvalue weighted by atomic mass is 9.64. The minimum atomic E-state index is -0.795. The van der Waals surface area contributed by atoms with Gasteiger partial charge in [0.1, 0.15) is 0 Å². The van der Waals surface area contributed by atoms with Crippen LogP contribution in [0.15, 0.2) is 258 Å². The van der Waals surface area contributed by atoms with Crippen LogP contribution in [0.4, 0.5) is 17.1 Å². The molecule has 1 atom stereocenters. The fraction of sp³-hybridized carbons (Fsp3) is 0.0286. The standard InChI is InChI=1S/C70H41NO2S2/c72-67-49-26-12-17-31-63(49)74-65-41-51-48-25-11-14-28-56(48)70(59(51)39-53(65)67)57-29-15-16-30-61(57)71(46-22-8-3-9-23-46)62-34-32-43(37-60(62)70)42-33-35-64-52(36-42)68(73)54-38-58-50(40-66(54)75-64)47-24-10-13-27-55(47)69(58,44-18-4-1-5-19-44)45-20-6-2-7-21-45/h1-41H. The Balaban J connectivity index is 0.945. The summed E-state index contributed by atoms with van der Waals surface area (Å²) in [4.78, 5) is 32.5. The number of anilines is 3. The molecule has 0 bridgehead atoms. The quantitative estimate of drug-likeness (QED) is 0.165. The number of rotatable bonds is 4. The molecule has 0 radical (unpaired) electrons. The van der Waals surface area contributed by atoms with Crippen molar-refractivity contribution in [2.75, 3.05) is 4.90 Å². The van der Waals surface area contributed by atoms with Gasteiger partial charge in [-0.2, -0.15) is 0 Å². The molecule has 0 N–H and O–H groups in total. The molecule has 0 amide bonds. The monoisotopic (exact) mass is 991 g/mol. The normalized spacial score (nSPS) is 15.4. The molecule has 1 unspecified atom stereocenters. The van der Waals surface area contributed by atoms with E-state index in [2.05, 4.69) is 235 Å². The molecule has 0 saturated heterocycles. The predicted octanol–water partition coefficient (Wildman–Crippen LogP) is 17.3. The summed E-state index contributed by atoms with van der Waals surface area (Å²) in [6.45, 7) is 0. The Labute approximate surface area is 440 Å². The summed E-state index contributed by atoms with van der Waals surface area (Å²) in [6.07, 6.45) is 0. The fourth-order valence-corrected chi connectivity index (χ4v) is 15.6. The molecule has 11 aromatic carbocycles. The highest BCUT2D eigenvalue weighted by Crippen LogP contribution is 2.64. The van der Waals surface area contributed by atoms with E-state index in [-0.39, 0.29) is 10.9 Å². The third-order valence-corrected chi connectivity index (χ3v) is 18.8. The molecule has 0 fully saturated rings. The molecule has 75 heavy (non-hydrogen) atoms. The minimum absolute atomic E-state index is 0.0283. The van der Waals surface area contributed by atoms with Crippen LogP contribution in [-0.2, 0) is 10.8 Å². The first-order valence-electron chi connectivity index (χ1n) is 25.5. The number of para-hydroxylation sites is 2. The summed E-state index contributed by atoms with van der Waals surface area (Å²) in [5.41, 5.74) is 17.7. The maximum atomic E-state index is 15.5. The second-order valence-electron chi connectivity index (χ2n) is 20.1. The van der Waals surface area contributed by atoms with Gasteiger partial charge in [0.2, 0.25) is 0 Å². The average Bonchev–Trinajstić information content (AvgIpc) is 4.15. The van der Waals surface area contributed by atoms with Crippen LogP contribution in [0.2, 0.25) is 0 Å². The van der Waals surface area contributed by atoms with Crippen molar-refractivity contribution in [1.29, 1.82) is 0 Å². The first-order chi connectivity index (χ1) is 37.0. The van der Waals surface area contributed by atoms with Crippen molar-refractivity contribution < 1.29 is 0 Å². The smallest absolute Gasteiger partial charge is 0.195 e. The largest absolute Gasteiger partial charge is 0.310 e. The van der Waals surface area contributed by atoms with Gasteiger partial charge in [-0.25, -0.2) is 0 Å². The second-order valence-corrected chi connectivity index (χ2v) is 22.3. The van der Waals surface area contributed by atoms with Crippen molar-refractivity contribution >= 4 is 80.1 Å². The van der Waals surface area contributed by atoms with Crippen LogP contribution in [0.1, 0.15) is 44.5 Å². The van der Waals surface area contributed by atoms with Crippen LogP contribution in [0, 0.1) is 0 Å². The molecule has 1 spiro atoms. The van der Waals surface area contributed by atoms with E-state index in [9.17, 15) is 4.79 Å². The van der Waals surface area contributed by atoms with E-state index in [4.69, 9.17) is 0 Å². The summed E-state index contributed by atoms with van der Waals surface area (Å²) in [5, 5.41) is 2.90. The van der Waals surface area contributed by atoms with Gasteiger partial charge in [0.05, 0.1) is 22.2 Å². The number of nitrogens with zero attached hydrogens (tertiary/aromatic N) is 1. The molecule has 3 aliphatic rings. The highest BCUT2D eigenvalue weighted by Gasteiger charge is 2.52. The topological polar surface area (TPSA) is 37.4 Å². The summed E-state index contributed by atoms with van der Waals surface area (Å²) in [5.74, 6) is 0. The zero-order chi connectivity index (χ0) is 49.6. The van der Waals surface area contributed by atoms with Crippen molar-refractivity contribution in [3.8, 4) is 33.4 Å². The minimum Gasteiger partial charge on any atom is -0.310 e. The average molecular weight is 992 g/mol. The second kappa shape index (κ2) is 15.8. The Kier molecular flexibility index (Phi) is 8.93. The molecular formula is C70H41NO2S2. The van der Waals surface area contributed by atoms with Crippen LogP contribution in [-0.4, -0.2) is 0 Å². The van der Waals surface area contributed by atoms with Crippen molar-refractivity contribution in [3.05, 3.63) is 314 Å². The molecule has 13 aromatic rings. The first kappa shape index (κ1) is 42.5. The third-order valence-electron chi connectivity index (χ3n) is 16.5. The van der Waals surface area contributed by atoms with Gasteiger partial charge in [0.15, 0.2) is 10.9 Å². The molecule has 2 aliphatic carbocycles. The van der Waals surface area contributed by atoms with Gasteiger partial charge in [-0.05, 0) is 157 Å². The highest BCUT2D eigenvalue weighted by molar-refractivity contribution is 7.25. The maximum absolute atomic E-state index is 15.5. The summed E-state index contributed by atoms with van der Waals surface area (Å²) >= 11 is 3.37. The lowest BCUT2D eigenvalue weighted by molar-refractivity contribution is 0.754. The van der Waals surface area contributed by atoms with Gasteiger partial charge in [-0.1, -0.05) is 170 Å². The van der Waals surface area contributed by atoms with Crippen molar-refractivity contribution in [3.63, 3.8) is 0 Å². The summed E-state index contributed by atoms with van der Waals surface area (Å²) < 4.78 is 3.89. The van der Waals surface area contributed by atoms with E-state index in [0.717, 1.165) is 102 Å². The van der Waals surface area contributed by atoms with Crippen molar-refractivity contribution in [2.24, 2.45) is 0 Å². The molecule has 1 aliphatic heterocycles. The number of hydrogen-bond donors (Lipinski definition) is 0. The Hall–Kier alpha value is -9.00. The van der Waals surface area contributed by atoms with E-state index >= 15 is 4.79 Å². The van der Waals surface area contributed by atoms with E-state index in [0.29, 0.717) is 5.39 Å². The number of benzene rings is 11. The Bertz CT molecular complexity index is 4680. The maximum Gasteiger partial charge on any atom is 0.195 e. The molecule has 3 nitrogen and oxygen atoms in total. The summed E-state index contributed by atoms with van der Waals surface area (Å²) in [6, 6.07) is 88.8. The van der Waals surface area contributed by atoms with E-state index in [1.54, 1.807) is 22.7 Å². The lowest BCUT2D eigenvalue weighted by Gasteiger charge is -2.45. The fourth-order valence-electron chi connectivity index (χ4n) is 13.4. The Morgan fingerprint density at radius 2 is 0.760 bits per heavy atom. The highest BCUT2D eigenvalue weighted by atomic mass is 32.1. The van der Waals surface area contributed by atoms with Crippen LogP contribution >= 0.6 is 22.7 Å². The predicted molar refractivity (Wildman–Crippen MR) is 313 cm³/mol. The Morgan fingerprint density at radius 3 is 1.43 bits per heavy atom. The molecular weight excluding hydrogens is 951 g/mol. The molecule has 0 saturated carbocycles. The SMILES string of the molecule is O=c1c2cc(-c3ccc4c(c3)C3(c5ccccc5-c5cc6sc7ccccc7c(=O)c6cc53)c3ccccc3N4c3ccccc3)ccc2sc2cc3c(cc12)C(c1ccccc1)(c1ccccc1)c1ccccc1-3. The zero-order valence-electron chi connectivity index (χ0n) is 40.3. The first-order valence-corrected chi connectivity index (χ1v) is 27.1. The molecule has 16 rings (SSSR count). The molecule has 350 valence electrons. The van der Waals surface area contributed by atoms with E-state index < -0.39 is 10.8 Å². The van der Waals surface area contributed by atoms with Crippen LogP contribution in [0.3, 0.4) is 0 Å². The van der Waals surface area contributed by atoms with Gasteiger partial charge in [0, 0.05) is 46.0 Å². The molecule has 5 heteroatoms. The third kappa shape index (κ3) is 5.69. The van der Waals surface area contributed by atoms with E-state index in [1.807, 2.05) is 18.2 Å². The van der Waals surface area contributed by atoms with E-state index in [1.165, 1.54) is 27.8 Å². The molecule has 2 aromatic heterocycles. The zero-order valence-corrected chi connectivity index (χ0v) is 41.9. The van der Waals surface area contributed by atoms with Crippen molar-refractivity contribution in [2.45, 2.75) is 10.8 Å². The lowest BCUT2D eigenvalue weighted by Crippen LogP contribution is -2.36. The molecule has 3 heterocycles. The van der Waals surface area contributed by atoms with Crippen molar-refractivity contribution in [1.82, 2.24) is 0 Å². The van der Waals surface area contributed by atoms with Gasteiger partial charge in [-0.3, -0.25) is 9.59 Å².